The van der Waals surface area contributed by atoms with Crippen LogP contribution >= 0.6 is 11.8 Å². The summed E-state index contributed by atoms with van der Waals surface area (Å²) in [5, 5.41) is 0. The van der Waals surface area contributed by atoms with Crippen LogP contribution in [0.2, 0.25) is 0 Å². The van der Waals surface area contributed by atoms with Crippen LogP contribution in [0.15, 0.2) is 29.2 Å². The molecule has 0 radical (unpaired) electrons. The molecule has 2 rings (SSSR count). The van der Waals surface area contributed by atoms with Gasteiger partial charge in [-0.05, 0) is 44.9 Å². The summed E-state index contributed by atoms with van der Waals surface area (Å²) in [5.41, 5.74) is 6.44. The average Bonchev–Trinajstić information content (AvgIpc) is 2.38. The fraction of sp³-hybridized carbons (Fsp3) is 0.600. The van der Waals surface area contributed by atoms with Crippen LogP contribution in [0.4, 0.5) is 5.69 Å². The summed E-state index contributed by atoms with van der Waals surface area (Å²) in [7, 11) is -3.18. The van der Waals surface area contributed by atoms with Crippen LogP contribution in [-0.2, 0) is 10.0 Å². The normalized spacial score (nSPS) is 24.1. The lowest BCUT2D eigenvalue weighted by atomic mass is 10.0. The summed E-state index contributed by atoms with van der Waals surface area (Å²) in [6, 6.07) is 7.80. The molecular formula is C15H24N2O2S2. The molecule has 0 saturated carbocycles. The second-order valence-corrected chi connectivity index (χ2v) is 8.86. The molecule has 0 unspecified atom stereocenters. The van der Waals surface area contributed by atoms with Crippen molar-refractivity contribution in [1.82, 2.24) is 4.31 Å². The number of nitrogens with two attached hydrogens (primary N) is 1. The van der Waals surface area contributed by atoms with Crippen molar-refractivity contribution >= 4 is 27.5 Å². The van der Waals surface area contributed by atoms with Crippen molar-refractivity contribution in [2.75, 3.05) is 17.2 Å². The van der Waals surface area contributed by atoms with Crippen molar-refractivity contribution in [3.63, 3.8) is 0 Å². The van der Waals surface area contributed by atoms with Crippen molar-refractivity contribution in [3.05, 3.63) is 24.3 Å². The van der Waals surface area contributed by atoms with Crippen LogP contribution in [0.5, 0.6) is 0 Å². The van der Waals surface area contributed by atoms with Gasteiger partial charge in [0.25, 0.3) is 0 Å². The highest BCUT2D eigenvalue weighted by Crippen LogP contribution is 2.27. The molecule has 1 heterocycles. The van der Waals surface area contributed by atoms with Gasteiger partial charge in [-0.2, -0.15) is 4.31 Å². The largest absolute Gasteiger partial charge is 0.399 e. The number of nitrogens with zero attached hydrogens (tertiary/aromatic N) is 1. The Morgan fingerprint density at radius 2 is 1.95 bits per heavy atom. The summed E-state index contributed by atoms with van der Waals surface area (Å²) >= 11 is 1.54. The Hall–Kier alpha value is -0.720. The van der Waals surface area contributed by atoms with Gasteiger partial charge in [0.15, 0.2) is 0 Å². The number of piperidine rings is 1. The van der Waals surface area contributed by atoms with Gasteiger partial charge in [-0.25, -0.2) is 8.42 Å². The van der Waals surface area contributed by atoms with Crippen LogP contribution in [0.1, 0.15) is 33.1 Å². The van der Waals surface area contributed by atoms with Gasteiger partial charge < -0.3 is 5.73 Å². The maximum atomic E-state index is 12.6. The van der Waals surface area contributed by atoms with Gasteiger partial charge in [-0.3, -0.25) is 0 Å². The molecule has 1 aliphatic rings. The Bertz CT molecular complexity index is 565. The highest BCUT2D eigenvalue weighted by Gasteiger charge is 2.33. The minimum atomic E-state index is -3.18. The Balaban J connectivity index is 1.94. The molecule has 2 N–H and O–H groups in total. The van der Waals surface area contributed by atoms with E-state index in [4.69, 9.17) is 5.73 Å². The van der Waals surface area contributed by atoms with Crippen LogP contribution in [0.25, 0.3) is 0 Å². The van der Waals surface area contributed by atoms with Crippen molar-refractivity contribution in [2.45, 2.75) is 50.1 Å². The van der Waals surface area contributed by atoms with Gasteiger partial charge in [0.2, 0.25) is 10.0 Å². The Morgan fingerprint density at radius 3 is 2.57 bits per heavy atom. The van der Waals surface area contributed by atoms with Crippen molar-refractivity contribution < 1.29 is 8.42 Å². The summed E-state index contributed by atoms with van der Waals surface area (Å²) in [5.74, 6) is 0.739. The number of anilines is 1. The van der Waals surface area contributed by atoms with Gasteiger partial charge in [0, 0.05) is 28.4 Å². The number of hydrogen-bond acceptors (Lipinski definition) is 4. The van der Waals surface area contributed by atoms with E-state index in [1.54, 1.807) is 16.1 Å². The van der Waals surface area contributed by atoms with E-state index in [2.05, 4.69) is 0 Å². The number of hydrogen-bond donors (Lipinski definition) is 1. The molecule has 0 spiro atoms. The lowest BCUT2D eigenvalue weighted by molar-refractivity contribution is 0.204. The average molecular weight is 329 g/mol. The summed E-state index contributed by atoms with van der Waals surface area (Å²) in [4.78, 5) is 1.02. The van der Waals surface area contributed by atoms with E-state index in [0.29, 0.717) is 11.4 Å². The minimum absolute atomic E-state index is 0.121. The number of rotatable bonds is 5. The fourth-order valence-electron chi connectivity index (χ4n) is 2.92. The first-order chi connectivity index (χ1) is 9.90. The third-order valence-electron chi connectivity index (χ3n) is 3.90. The molecule has 118 valence electrons. The van der Waals surface area contributed by atoms with E-state index in [9.17, 15) is 8.42 Å². The van der Waals surface area contributed by atoms with Gasteiger partial charge in [-0.1, -0.05) is 12.5 Å². The van der Waals surface area contributed by atoms with E-state index >= 15 is 0 Å². The predicted molar refractivity (Wildman–Crippen MR) is 90.0 cm³/mol. The third kappa shape index (κ3) is 4.37. The molecule has 21 heavy (non-hydrogen) atoms. The summed E-state index contributed by atoms with van der Waals surface area (Å²) < 4.78 is 26.8. The van der Waals surface area contributed by atoms with Gasteiger partial charge >= 0.3 is 0 Å². The number of thioether (sulfide) groups is 1. The molecule has 0 bridgehead atoms. The molecule has 6 heteroatoms. The quantitative estimate of drug-likeness (QED) is 0.667. The molecule has 1 aromatic rings. The molecule has 4 nitrogen and oxygen atoms in total. The zero-order valence-electron chi connectivity index (χ0n) is 12.7. The van der Waals surface area contributed by atoms with Crippen molar-refractivity contribution in [1.29, 1.82) is 0 Å². The molecule has 1 aromatic carbocycles. The minimum Gasteiger partial charge on any atom is -0.399 e. The standard InChI is InChI=1S/C15H24N2O2S2/c1-12-5-3-6-13(2)17(12)21(18,19)10-9-20-15-8-4-7-14(16)11-15/h4,7-8,11-13H,3,5-6,9-10,16H2,1-2H3/t12-,13+. The van der Waals surface area contributed by atoms with Crippen LogP contribution < -0.4 is 5.73 Å². The molecular weight excluding hydrogens is 304 g/mol. The van der Waals surface area contributed by atoms with E-state index in [0.717, 1.165) is 24.2 Å². The first-order valence-electron chi connectivity index (χ1n) is 7.40. The van der Waals surface area contributed by atoms with Crippen molar-refractivity contribution in [3.8, 4) is 0 Å². The van der Waals surface area contributed by atoms with E-state index < -0.39 is 10.0 Å². The second kappa shape index (κ2) is 7.03. The highest BCUT2D eigenvalue weighted by atomic mass is 32.2. The summed E-state index contributed by atoms with van der Waals surface area (Å²) in [6.45, 7) is 4.02. The number of sulfonamides is 1. The molecule has 1 saturated heterocycles. The third-order valence-corrected chi connectivity index (χ3v) is 7.24. The van der Waals surface area contributed by atoms with E-state index in [-0.39, 0.29) is 17.8 Å². The molecule has 2 atom stereocenters. The fourth-order valence-corrected chi connectivity index (χ4v) is 6.24. The van der Waals surface area contributed by atoms with Gasteiger partial charge in [0.1, 0.15) is 0 Å². The zero-order valence-corrected chi connectivity index (χ0v) is 14.3. The number of nitrogen functional groups attached to an aromatic ring is 1. The topological polar surface area (TPSA) is 63.4 Å². The molecule has 1 fully saturated rings. The first-order valence-corrected chi connectivity index (χ1v) is 9.99. The Morgan fingerprint density at radius 1 is 1.29 bits per heavy atom. The monoisotopic (exact) mass is 328 g/mol. The molecule has 0 aliphatic carbocycles. The second-order valence-electron chi connectivity index (χ2n) is 5.70. The smallest absolute Gasteiger partial charge is 0.215 e. The predicted octanol–water partition coefficient (Wildman–Crippen LogP) is 2.95. The zero-order chi connectivity index (χ0) is 15.5. The highest BCUT2D eigenvalue weighted by molar-refractivity contribution is 8.00. The SMILES string of the molecule is C[C@@H]1CCC[C@H](C)N1S(=O)(=O)CCSc1cccc(N)c1. The Labute approximate surface area is 132 Å². The van der Waals surface area contributed by atoms with Gasteiger partial charge in [-0.15, -0.1) is 11.8 Å². The maximum Gasteiger partial charge on any atom is 0.215 e. The van der Waals surface area contributed by atoms with E-state index in [1.807, 2.05) is 38.1 Å². The van der Waals surface area contributed by atoms with Crippen LogP contribution in [-0.4, -0.2) is 36.3 Å². The first kappa shape index (κ1) is 16.6. The summed E-state index contributed by atoms with van der Waals surface area (Å²) in [6.07, 6.45) is 3.05. The van der Waals surface area contributed by atoms with Crippen molar-refractivity contribution in [2.24, 2.45) is 0 Å². The lowest BCUT2D eigenvalue weighted by Crippen LogP contribution is -2.48. The number of benzene rings is 1. The van der Waals surface area contributed by atoms with Crippen LogP contribution in [0, 0.1) is 0 Å². The van der Waals surface area contributed by atoms with E-state index in [1.165, 1.54) is 0 Å². The Kier molecular flexibility index (Phi) is 5.57. The van der Waals surface area contributed by atoms with Crippen LogP contribution in [0.3, 0.4) is 0 Å². The molecule has 0 amide bonds. The molecule has 1 aliphatic heterocycles. The lowest BCUT2D eigenvalue weighted by Gasteiger charge is -2.37. The maximum absolute atomic E-state index is 12.6. The molecule has 0 aromatic heterocycles. The van der Waals surface area contributed by atoms with Gasteiger partial charge in [0.05, 0.1) is 5.75 Å².